The van der Waals surface area contributed by atoms with Gasteiger partial charge in [0.25, 0.3) is 0 Å². The molecule has 2 aliphatic rings. The Bertz CT molecular complexity index is 587. The maximum Gasteiger partial charge on any atom is 0.242 e. The van der Waals surface area contributed by atoms with Gasteiger partial charge >= 0.3 is 0 Å². The smallest absolute Gasteiger partial charge is 0.242 e. The summed E-state index contributed by atoms with van der Waals surface area (Å²) in [7, 11) is 0. The number of anilines is 1. The molecule has 2 fully saturated rings. The fourth-order valence-corrected chi connectivity index (χ4v) is 3.16. The highest BCUT2D eigenvalue weighted by molar-refractivity contribution is 5.81. The van der Waals surface area contributed by atoms with Crippen LogP contribution in [0.3, 0.4) is 0 Å². The molecule has 2 aliphatic heterocycles. The Morgan fingerprint density at radius 3 is 2.91 bits per heavy atom. The lowest BCUT2D eigenvalue weighted by Crippen LogP contribution is -2.42. The predicted molar refractivity (Wildman–Crippen MR) is 86.0 cm³/mol. The molecule has 1 unspecified atom stereocenters. The highest BCUT2D eigenvalue weighted by Crippen LogP contribution is 2.19. The van der Waals surface area contributed by atoms with Crippen molar-refractivity contribution in [1.82, 2.24) is 9.88 Å². The lowest BCUT2D eigenvalue weighted by molar-refractivity contribution is -0.128. The lowest BCUT2D eigenvalue weighted by Gasteiger charge is -2.28. The monoisotopic (exact) mass is 314 g/mol. The first-order valence-corrected chi connectivity index (χ1v) is 8.28. The number of hydrogen-bond donors (Lipinski definition) is 0. The number of likely N-dealkylation sites (tertiary alicyclic amines) is 1. The third kappa shape index (κ3) is 3.99. The second-order valence-electron chi connectivity index (χ2n) is 6.10. The molecule has 23 heavy (non-hydrogen) atoms. The van der Waals surface area contributed by atoms with E-state index in [1.807, 2.05) is 21.9 Å². The van der Waals surface area contributed by atoms with Gasteiger partial charge in [-0.05, 0) is 37.8 Å². The van der Waals surface area contributed by atoms with Crippen molar-refractivity contribution in [3.63, 3.8) is 0 Å². The summed E-state index contributed by atoms with van der Waals surface area (Å²) in [5.41, 5.74) is 0.369. The van der Waals surface area contributed by atoms with E-state index >= 15 is 0 Å². The Hall–Kier alpha value is -2.13. The normalized spacial score (nSPS) is 20.5. The molecule has 3 rings (SSSR count). The number of pyridine rings is 1. The number of ether oxygens (including phenoxy) is 1. The van der Waals surface area contributed by atoms with E-state index in [1.54, 1.807) is 6.07 Å². The van der Waals surface area contributed by atoms with Gasteiger partial charge in [0.05, 0.1) is 12.6 Å². The Kier molecular flexibility index (Phi) is 5.09. The van der Waals surface area contributed by atoms with Gasteiger partial charge in [-0.1, -0.05) is 6.07 Å². The van der Waals surface area contributed by atoms with Gasteiger partial charge in [-0.25, -0.2) is 4.98 Å². The number of hydrogen-bond acceptors (Lipinski definition) is 5. The summed E-state index contributed by atoms with van der Waals surface area (Å²) < 4.78 is 5.71. The van der Waals surface area contributed by atoms with E-state index in [1.165, 1.54) is 0 Å². The van der Waals surface area contributed by atoms with Gasteiger partial charge in [0.1, 0.15) is 17.6 Å². The SMILES string of the molecule is N#Cc1cccc(N(CC(=O)N2CCCC2)CC2CCCO2)n1. The summed E-state index contributed by atoms with van der Waals surface area (Å²) in [6.07, 6.45) is 4.37. The molecule has 1 atom stereocenters. The van der Waals surface area contributed by atoms with Crippen LogP contribution < -0.4 is 4.90 Å². The minimum atomic E-state index is 0.129. The van der Waals surface area contributed by atoms with Crippen molar-refractivity contribution in [2.24, 2.45) is 0 Å². The number of aromatic nitrogens is 1. The van der Waals surface area contributed by atoms with Gasteiger partial charge < -0.3 is 14.5 Å². The van der Waals surface area contributed by atoms with Gasteiger partial charge in [0.15, 0.2) is 0 Å². The van der Waals surface area contributed by atoms with Crippen molar-refractivity contribution >= 4 is 11.7 Å². The zero-order valence-corrected chi connectivity index (χ0v) is 13.3. The molecule has 0 N–H and O–H groups in total. The van der Waals surface area contributed by atoms with Gasteiger partial charge in [0, 0.05) is 26.2 Å². The molecule has 3 heterocycles. The van der Waals surface area contributed by atoms with Crippen LogP contribution in [0.5, 0.6) is 0 Å². The minimum absolute atomic E-state index is 0.129. The van der Waals surface area contributed by atoms with Crippen LogP contribution in [-0.4, -0.2) is 54.7 Å². The number of carbonyl (C=O) groups is 1. The van der Waals surface area contributed by atoms with Crippen molar-refractivity contribution in [2.45, 2.75) is 31.8 Å². The third-order valence-corrected chi connectivity index (χ3v) is 4.41. The number of carbonyl (C=O) groups excluding carboxylic acids is 1. The molecule has 122 valence electrons. The standard InChI is InChI=1S/C17H22N4O2/c18-11-14-5-3-7-16(19-14)21(12-15-6-4-10-23-15)13-17(22)20-8-1-2-9-20/h3,5,7,15H,1-2,4,6,8-10,12-13H2. The number of nitriles is 1. The van der Waals surface area contributed by atoms with E-state index < -0.39 is 0 Å². The average Bonchev–Trinajstić information content (AvgIpc) is 3.28. The average molecular weight is 314 g/mol. The van der Waals surface area contributed by atoms with E-state index in [9.17, 15) is 4.79 Å². The van der Waals surface area contributed by atoms with Gasteiger partial charge in [-0.3, -0.25) is 4.79 Å². The van der Waals surface area contributed by atoms with E-state index in [2.05, 4.69) is 11.1 Å². The number of amides is 1. The Morgan fingerprint density at radius 2 is 2.22 bits per heavy atom. The van der Waals surface area contributed by atoms with Crippen LogP contribution in [-0.2, 0) is 9.53 Å². The molecule has 1 aromatic rings. The molecule has 2 saturated heterocycles. The Balaban J connectivity index is 1.74. The van der Waals surface area contributed by atoms with Crippen molar-refractivity contribution < 1.29 is 9.53 Å². The minimum Gasteiger partial charge on any atom is -0.376 e. The van der Waals surface area contributed by atoms with Crippen molar-refractivity contribution in [3.8, 4) is 6.07 Å². The number of nitrogens with zero attached hydrogens (tertiary/aromatic N) is 4. The van der Waals surface area contributed by atoms with Crippen LogP contribution in [0, 0.1) is 11.3 Å². The largest absolute Gasteiger partial charge is 0.376 e. The molecule has 0 radical (unpaired) electrons. The zero-order valence-electron chi connectivity index (χ0n) is 13.3. The van der Waals surface area contributed by atoms with Gasteiger partial charge in [-0.2, -0.15) is 5.26 Å². The van der Waals surface area contributed by atoms with E-state index in [0.29, 0.717) is 24.6 Å². The van der Waals surface area contributed by atoms with Crippen LogP contribution in [0.15, 0.2) is 18.2 Å². The molecule has 0 aliphatic carbocycles. The van der Waals surface area contributed by atoms with Crippen molar-refractivity contribution in [1.29, 1.82) is 5.26 Å². The molecular formula is C17H22N4O2. The van der Waals surface area contributed by atoms with E-state index in [-0.39, 0.29) is 12.0 Å². The number of rotatable bonds is 5. The topological polar surface area (TPSA) is 69.5 Å². The fraction of sp³-hybridized carbons (Fsp3) is 0.588. The Morgan fingerprint density at radius 1 is 1.39 bits per heavy atom. The fourth-order valence-electron chi connectivity index (χ4n) is 3.16. The van der Waals surface area contributed by atoms with Crippen LogP contribution in [0.1, 0.15) is 31.4 Å². The second-order valence-corrected chi connectivity index (χ2v) is 6.10. The molecule has 1 amide bonds. The summed E-state index contributed by atoms with van der Waals surface area (Å²) >= 11 is 0. The zero-order chi connectivity index (χ0) is 16.1. The second kappa shape index (κ2) is 7.42. The first-order valence-electron chi connectivity index (χ1n) is 8.28. The molecule has 0 saturated carbocycles. The Labute approximate surface area is 136 Å². The molecule has 0 spiro atoms. The third-order valence-electron chi connectivity index (χ3n) is 4.41. The molecule has 6 nitrogen and oxygen atoms in total. The summed E-state index contributed by atoms with van der Waals surface area (Å²) in [5.74, 6) is 0.803. The summed E-state index contributed by atoms with van der Waals surface area (Å²) in [5, 5.41) is 9.05. The molecular weight excluding hydrogens is 292 g/mol. The summed E-state index contributed by atoms with van der Waals surface area (Å²) in [4.78, 5) is 20.7. The van der Waals surface area contributed by atoms with Gasteiger partial charge in [0.2, 0.25) is 5.91 Å². The maximum atomic E-state index is 12.5. The van der Waals surface area contributed by atoms with Crippen LogP contribution >= 0.6 is 0 Å². The predicted octanol–water partition coefficient (Wildman–Crippen LogP) is 1.56. The highest BCUT2D eigenvalue weighted by Gasteiger charge is 2.25. The van der Waals surface area contributed by atoms with Gasteiger partial charge in [-0.15, -0.1) is 0 Å². The molecule has 1 aromatic heterocycles. The van der Waals surface area contributed by atoms with Crippen molar-refractivity contribution in [3.05, 3.63) is 23.9 Å². The lowest BCUT2D eigenvalue weighted by atomic mass is 10.2. The highest BCUT2D eigenvalue weighted by atomic mass is 16.5. The van der Waals surface area contributed by atoms with E-state index in [4.69, 9.17) is 10.00 Å². The maximum absolute atomic E-state index is 12.5. The first-order chi connectivity index (χ1) is 11.3. The van der Waals surface area contributed by atoms with Crippen LogP contribution in [0.2, 0.25) is 0 Å². The molecule has 6 heteroatoms. The summed E-state index contributed by atoms with van der Waals surface area (Å²) in [6.45, 7) is 3.41. The summed E-state index contributed by atoms with van der Waals surface area (Å²) in [6, 6.07) is 7.40. The van der Waals surface area contributed by atoms with Crippen LogP contribution in [0.25, 0.3) is 0 Å². The first kappa shape index (κ1) is 15.8. The molecule has 0 bridgehead atoms. The van der Waals surface area contributed by atoms with E-state index in [0.717, 1.165) is 45.4 Å². The van der Waals surface area contributed by atoms with Crippen LogP contribution in [0.4, 0.5) is 5.82 Å². The van der Waals surface area contributed by atoms with Crippen molar-refractivity contribution in [2.75, 3.05) is 37.7 Å². The molecule has 0 aromatic carbocycles. The quantitative estimate of drug-likeness (QED) is 0.825.